The Kier molecular flexibility index (Phi) is 3.79. The molecule has 5 nitrogen and oxygen atoms in total. The predicted molar refractivity (Wildman–Crippen MR) is 83.1 cm³/mol. The summed E-state index contributed by atoms with van der Waals surface area (Å²) in [5.74, 6) is -0.399. The van der Waals surface area contributed by atoms with Crippen LogP contribution in [-0.4, -0.2) is 22.5 Å². The van der Waals surface area contributed by atoms with E-state index in [2.05, 4.69) is 15.3 Å². The van der Waals surface area contributed by atoms with Gasteiger partial charge in [0.2, 0.25) is 0 Å². The summed E-state index contributed by atoms with van der Waals surface area (Å²) in [5.41, 5.74) is 2.17. The Morgan fingerprint density at radius 2 is 2.29 bits per heavy atom. The van der Waals surface area contributed by atoms with E-state index in [-0.39, 0.29) is 0 Å². The molecule has 0 saturated heterocycles. The molecule has 6 heteroatoms. The SMILES string of the molecule is CCOC(=O)c1csc(Nc2ccc3ncccc3c2)n1. The van der Waals surface area contributed by atoms with Crippen LogP contribution in [-0.2, 0) is 4.74 Å². The molecule has 21 heavy (non-hydrogen) atoms. The van der Waals surface area contributed by atoms with Crippen LogP contribution < -0.4 is 5.32 Å². The number of ether oxygens (including phenoxy) is 1. The highest BCUT2D eigenvalue weighted by molar-refractivity contribution is 7.14. The minimum Gasteiger partial charge on any atom is -0.461 e. The lowest BCUT2D eigenvalue weighted by molar-refractivity contribution is 0.0520. The van der Waals surface area contributed by atoms with Crippen LogP contribution >= 0.6 is 11.3 Å². The molecule has 1 aromatic carbocycles. The highest BCUT2D eigenvalue weighted by atomic mass is 32.1. The second kappa shape index (κ2) is 5.88. The maximum Gasteiger partial charge on any atom is 0.357 e. The predicted octanol–water partition coefficient (Wildman–Crippen LogP) is 3.61. The van der Waals surface area contributed by atoms with Crippen molar-refractivity contribution in [3.63, 3.8) is 0 Å². The maximum absolute atomic E-state index is 11.6. The lowest BCUT2D eigenvalue weighted by Gasteiger charge is -2.04. The van der Waals surface area contributed by atoms with Crippen molar-refractivity contribution in [3.8, 4) is 0 Å². The van der Waals surface area contributed by atoms with E-state index in [4.69, 9.17) is 4.74 Å². The van der Waals surface area contributed by atoms with Crippen LogP contribution in [0.5, 0.6) is 0 Å². The number of fused-ring (bicyclic) bond motifs is 1. The molecule has 0 fully saturated rings. The van der Waals surface area contributed by atoms with Crippen molar-refractivity contribution >= 4 is 39.0 Å². The summed E-state index contributed by atoms with van der Waals surface area (Å²) in [7, 11) is 0. The molecule has 3 rings (SSSR count). The van der Waals surface area contributed by atoms with Crippen LogP contribution in [0.15, 0.2) is 41.9 Å². The number of aromatic nitrogens is 2. The van der Waals surface area contributed by atoms with Gasteiger partial charge in [0, 0.05) is 22.7 Å². The molecule has 2 aromatic heterocycles. The average molecular weight is 299 g/mol. The fraction of sp³-hybridized carbons (Fsp3) is 0.133. The first kappa shape index (κ1) is 13.5. The van der Waals surface area contributed by atoms with Gasteiger partial charge in [-0.3, -0.25) is 4.98 Å². The zero-order valence-corrected chi connectivity index (χ0v) is 12.2. The summed E-state index contributed by atoms with van der Waals surface area (Å²) < 4.78 is 4.92. The van der Waals surface area contributed by atoms with Crippen molar-refractivity contribution in [1.82, 2.24) is 9.97 Å². The van der Waals surface area contributed by atoms with Gasteiger partial charge < -0.3 is 10.1 Å². The zero-order valence-electron chi connectivity index (χ0n) is 11.4. The second-order valence-electron chi connectivity index (χ2n) is 4.29. The van der Waals surface area contributed by atoms with E-state index < -0.39 is 5.97 Å². The minimum atomic E-state index is -0.399. The third kappa shape index (κ3) is 3.00. The van der Waals surface area contributed by atoms with E-state index in [0.717, 1.165) is 16.6 Å². The second-order valence-corrected chi connectivity index (χ2v) is 5.15. The van der Waals surface area contributed by atoms with Crippen molar-refractivity contribution < 1.29 is 9.53 Å². The van der Waals surface area contributed by atoms with Gasteiger partial charge in [-0.15, -0.1) is 11.3 Å². The molecule has 1 N–H and O–H groups in total. The zero-order chi connectivity index (χ0) is 14.7. The highest BCUT2D eigenvalue weighted by Gasteiger charge is 2.11. The quantitative estimate of drug-likeness (QED) is 0.746. The maximum atomic E-state index is 11.6. The molecular formula is C15H13N3O2S. The topological polar surface area (TPSA) is 64.1 Å². The van der Waals surface area contributed by atoms with Gasteiger partial charge in [-0.2, -0.15) is 0 Å². The van der Waals surface area contributed by atoms with Gasteiger partial charge in [0.25, 0.3) is 0 Å². The molecule has 0 spiro atoms. The summed E-state index contributed by atoms with van der Waals surface area (Å²) in [4.78, 5) is 20.1. The van der Waals surface area contributed by atoms with Gasteiger partial charge in [-0.1, -0.05) is 6.07 Å². The van der Waals surface area contributed by atoms with Crippen molar-refractivity contribution in [3.05, 3.63) is 47.6 Å². The van der Waals surface area contributed by atoms with Gasteiger partial charge in [-0.25, -0.2) is 9.78 Å². The fourth-order valence-corrected chi connectivity index (χ4v) is 2.61. The number of thiazole rings is 1. The summed E-state index contributed by atoms with van der Waals surface area (Å²) in [6.07, 6.45) is 1.77. The molecular weight excluding hydrogens is 286 g/mol. The third-order valence-corrected chi connectivity index (χ3v) is 3.60. The standard InChI is InChI=1S/C15H13N3O2S/c1-2-20-14(19)13-9-21-15(18-13)17-11-5-6-12-10(8-11)4-3-7-16-12/h3-9H,2H2,1H3,(H,17,18). The van der Waals surface area contributed by atoms with E-state index in [1.807, 2.05) is 30.3 Å². The summed E-state index contributed by atoms with van der Waals surface area (Å²) in [6.45, 7) is 2.11. The monoisotopic (exact) mass is 299 g/mol. The van der Waals surface area contributed by atoms with Crippen LogP contribution in [0.2, 0.25) is 0 Å². The Labute approximate surface area is 125 Å². The van der Waals surface area contributed by atoms with Crippen molar-refractivity contribution in [2.24, 2.45) is 0 Å². The first-order valence-corrected chi connectivity index (χ1v) is 7.38. The number of anilines is 2. The number of esters is 1. The first-order chi connectivity index (χ1) is 10.3. The highest BCUT2D eigenvalue weighted by Crippen LogP contribution is 2.24. The Bertz CT molecular complexity index is 785. The van der Waals surface area contributed by atoms with Crippen molar-refractivity contribution in [1.29, 1.82) is 0 Å². The lowest BCUT2D eigenvalue weighted by Crippen LogP contribution is -2.04. The van der Waals surface area contributed by atoms with Gasteiger partial charge in [0.05, 0.1) is 12.1 Å². The Morgan fingerprint density at radius 3 is 3.14 bits per heavy atom. The number of carbonyl (C=O) groups is 1. The van der Waals surface area contributed by atoms with E-state index >= 15 is 0 Å². The number of hydrogen-bond donors (Lipinski definition) is 1. The largest absolute Gasteiger partial charge is 0.461 e. The molecule has 0 amide bonds. The molecule has 0 aliphatic heterocycles. The molecule has 106 valence electrons. The van der Waals surface area contributed by atoms with E-state index in [0.29, 0.717) is 17.4 Å². The smallest absolute Gasteiger partial charge is 0.357 e. The lowest BCUT2D eigenvalue weighted by atomic mass is 10.2. The van der Waals surface area contributed by atoms with Gasteiger partial charge in [-0.05, 0) is 31.2 Å². The number of nitrogens with zero attached hydrogens (tertiary/aromatic N) is 2. The molecule has 0 radical (unpaired) electrons. The van der Waals surface area contributed by atoms with Gasteiger partial charge >= 0.3 is 5.97 Å². The summed E-state index contributed by atoms with van der Waals surface area (Å²) in [5, 5.41) is 6.57. The number of benzene rings is 1. The van der Waals surface area contributed by atoms with E-state index in [1.165, 1.54) is 11.3 Å². The Balaban J connectivity index is 1.80. The third-order valence-electron chi connectivity index (χ3n) is 2.84. The molecule has 3 aromatic rings. The van der Waals surface area contributed by atoms with Crippen LogP contribution in [0.3, 0.4) is 0 Å². The van der Waals surface area contributed by atoms with E-state index in [9.17, 15) is 4.79 Å². The van der Waals surface area contributed by atoms with Crippen molar-refractivity contribution in [2.45, 2.75) is 6.92 Å². The molecule has 2 heterocycles. The van der Waals surface area contributed by atoms with Gasteiger partial charge in [0.1, 0.15) is 0 Å². The van der Waals surface area contributed by atoms with Crippen LogP contribution in [0.4, 0.5) is 10.8 Å². The fourth-order valence-electron chi connectivity index (χ4n) is 1.91. The molecule has 0 aliphatic rings. The first-order valence-electron chi connectivity index (χ1n) is 6.50. The van der Waals surface area contributed by atoms with Crippen molar-refractivity contribution in [2.75, 3.05) is 11.9 Å². The van der Waals surface area contributed by atoms with E-state index in [1.54, 1.807) is 18.5 Å². The minimum absolute atomic E-state index is 0.326. The number of nitrogens with one attached hydrogen (secondary N) is 1. The Morgan fingerprint density at radius 1 is 1.38 bits per heavy atom. The van der Waals surface area contributed by atoms with Crippen LogP contribution in [0.1, 0.15) is 17.4 Å². The van der Waals surface area contributed by atoms with Crippen LogP contribution in [0.25, 0.3) is 10.9 Å². The molecule has 0 saturated carbocycles. The molecule has 0 aliphatic carbocycles. The average Bonchev–Trinajstić information content (AvgIpc) is 2.96. The summed E-state index contributed by atoms with van der Waals surface area (Å²) >= 11 is 1.37. The van der Waals surface area contributed by atoms with Crippen LogP contribution in [0, 0.1) is 0 Å². The normalized spacial score (nSPS) is 10.5. The number of pyridine rings is 1. The number of hydrogen-bond acceptors (Lipinski definition) is 6. The molecule has 0 bridgehead atoms. The Hall–Kier alpha value is -2.47. The summed E-state index contributed by atoms with van der Waals surface area (Å²) in [6, 6.07) is 9.76. The molecule has 0 atom stereocenters. The number of carbonyl (C=O) groups excluding carboxylic acids is 1. The number of rotatable bonds is 4. The van der Waals surface area contributed by atoms with Gasteiger partial charge in [0.15, 0.2) is 10.8 Å². The molecule has 0 unspecified atom stereocenters.